The molecule has 0 fully saturated rings. The van der Waals surface area contributed by atoms with Gasteiger partial charge >= 0.3 is 12.6 Å². The van der Waals surface area contributed by atoms with Crippen molar-refractivity contribution in [1.29, 1.82) is 0 Å². The van der Waals surface area contributed by atoms with Crippen LogP contribution >= 0.6 is 0 Å². The summed E-state index contributed by atoms with van der Waals surface area (Å²) in [4.78, 5) is 16.3. The Bertz CT molecular complexity index is 891. The van der Waals surface area contributed by atoms with E-state index in [1.165, 1.54) is 19.2 Å². The Morgan fingerprint density at radius 1 is 1.25 bits per heavy atom. The molecule has 6 nitrogen and oxygen atoms in total. The lowest BCUT2D eigenvalue weighted by molar-refractivity contribution is -0.0498. The molecular formula is C16H12F2N2O4. The van der Waals surface area contributed by atoms with Crippen molar-refractivity contribution in [2.75, 3.05) is 7.11 Å². The molecule has 0 saturated heterocycles. The van der Waals surface area contributed by atoms with Gasteiger partial charge in [-0.25, -0.2) is 9.78 Å². The van der Waals surface area contributed by atoms with Crippen LogP contribution in [-0.4, -0.2) is 29.8 Å². The summed E-state index contributed by atoms with van der Waals surface area (Å²) in [7, 11) is 1.27. The molecule has 3 rings (SSSR count). The molecule has 3 aromatic rings. The Kier molecular flexibility index (Phi) is 4.11. The first kappa shape index (κ1) is 15.9. The van der Waals surface area contributed by atoms with Crippen molar-refractivity contribution in [3.8, 4) is 17.0 Å². The highest BCUT2D eigenvalue weighted by Crippen LogP contribution is 2.28. The van der Waals surface area contributed by atoms with Gasteiger partial charge in [0.05, 0.1) is 29.4 Å². The average Bonchev–Trinajstić information content (AvgIpc) is 2.95. The summed E-state index contributed by atoms with van der Waals surface area (Å²) in [6.07, 6.45) is 0. The number of rotatable bonds is 4. The van der Waals surface area contributed by atoms with E-state index in [1.807, 2.05) is 0 Å². The van der Waals surface area contributed by atoms with Gasteiger partial charge in [0.1, 0.15) is 5.75 Å². The quantitative estimate of drug-likeness (QED) is 0.679. The van der Waals surface area contributed by atoms with E-state index < -0.39 is 12.6 Å². The van der Waals surface area contributed by atoms with E-state index in [-0.39, 0.29) is 17.0 Å². The van der Waals surface area contributed by atoms with E-state index in [1.54, 1.807) is 25.1 Å². The number of nitrogens with zero attached hydrogens (tertiary/aromatic N) is 2. The SMILES string of the molecule is COC(=O)c1cc(-c2ccc(OC(F)F)cc2)nc2onc(C)c12. The minimum absolute atomic E-state index is 0.0264. The summed E-state index contributed by atoms with van der Waals surface area (Å²) in [6, 6.07) is 7.42. The summed E-state index contributed by atoms with van der Waals surface area (Å²) in [5, 5.41) is 4.28. The van der Waals surface area contributed by atoms with Crippen molar-refractivity contribution >= 4 is 17.1 Å². The number of aryl methyl sites for hydroxylation is 1. The third kappa shape index (κ3) is 2.90. The van der Waals surface area contributed by atoms with Crippen molar-refractivity contribution in [3.63, 3.8) is 0 Å². The maximum absolute atomic E-state index is 12.2. The van der Waals surface area contributed by atoms with Crippen molar-refractivity contribution in [1.82, 2.24) is 10.1 Å². The number of benzene rings is 1. The zero-order valence-corrected chi connectivity index (χ0v) is 12.7. The first-order valence-corrected chi connectivity index (χ1v) is 6.90. The van der Waals surface area contributed by atoms with Crippen LogP contribution in [0.25, 0.3) is 22.4 Å². The summed E-state index contributed by atoms with van der Waals surface area (Å²) < 4.78 is 38.6. The molecule has 8 heteroatoms. The molecule has 1 aromatic carbocycles. The highest BCUT2D eigenvalue weighted by Gasteiger charge is 2.19. The minimum atomic E-state index is -2.89. The average molecular weight is 334 g/mol. The van der Waals surface area contributed by atoms with Crippen LogP contribution in [0.2, 0.25) is 0 Å². The Labute approximate surface area is 135 Å². The minimum Gasteiger partial charge on any atom is -0.465 e. The molecule has 24 heavy (non-hydrogen) atoms. The second kappa shape index (κ2) is 6.23. The largest absolute Gasteiger partial charge is 0.465 e. The standard InChI is InChI=1S/C16H12F2N2O4/c1-8-13-11(15(21)22-2)7-12(19-14(13)24-20-8)9-3-5-10(6-4-9)23-16(17)18/h3-7,16H,1-2H3. The van der Waals surface area contributed by atoms with Gasteiger partial charge in [0, 0.05) is 5.56 Å². The van der Waals surface area contributed by atoms with Gasteiger partial charge in [0.25, 0.3) is 5.71 Å². The van der Waals surface area contributed by atoms with Crippen LogP contribution in [0.1, 0.15) is 16.1 Å². The molecule has 2 aromatic heterocycles. The number of carbonyl (C=O) groups is 1. The van der Waals surface area contributed by atoms with Crippen molar-refractivity contribution in [2.45, 2.75) is 13.5 Å². The van der Waals surface area contributed by atoms with Gasteiger partial charge in [-0.15, -0.1) is 0 Å². The number of hydrogen-bond donors (Lipinski definition) is 0. The number of halogens is 2. The number of aromatic nitrogens is 2. The van der Waals surface area contributed by atoms with Crippen LogP contribution in [0.15, 0.2) is 34.9 Å². The fraction of sp³-hybridized carbons (Fsp3) is 0.188. The maximum Gasteiger partial charge on any atom is 0.387 e. The molecule has 0 saturated carbocycles. The van der Waals surface area contributed by atoms with E-state index in [4.69, 9.17) is 9.26 Å². The van der Waals surface area contributed by atoms with Gasteiger partial charge in [-0.3, -0.25) is 0 Å². The molecule has 0 aliphatic carbocycles. The second-order valence-electron chi connectivity index (χ2n) is 4.90. The van der Waals surface area contributed by atoms with Crippen LogP contribution in [0, 0.1) is 6.92 Å². The molecule has 0 aliphatic heterocycles. The molecule has 0 amide bonds. The fourth-order valence-electron chi connectivity index (χ4n) is 2.32. The van der Waals surface area contributed by atoms with Gasteiger partial charge in [-0.1, -0.05) is 5.16 Å². The molecule has 0 bridgehead atoms. The number of methoxy groups -OCH3 is 1. The second-order valence-corrected chi connectivity index (χ2v) is 4.90. The number of hydrogen-bond acceptors (Lipinski definition) is 6. The van der Waals surface area contributed by atoms with Crippen LogP contribution < -0.4 is 4.74 Å². The number of alkyl halides is 2. The van der Waals surface area contributed by atoms with E-state index >= 15 is 0 Å². The summed E-state index contributed by atoms with van der Waals surface area (Å²) >= 11 is 0. The zero-order valence-electron chi connectivity index (χ0n) is 12.7. The Balaban J connectivity index is 2.08. The van der Waals surface area contributed by atoms with Gasteiger partial charge in [0.15, 0.2) is 0 Å². The van der Waals surface area contributed by atoms with E-state index in [2.05, 4.69) is 14.9 Å². The Morgan fingerprint density at radius 2 is 1.96 bits per heavy atom. The first-order valence-electron chi connectivity index (χ1n) is 6.90. The van der Waals surface area contributed by atoms with Crippen LogP contribution in [0.5, 0.6) is 5.75 Å². The first-order chi connectivity index (χ1) is 11.5. The van der Waals surface area contributed by atoms with E-state index in [0.717, 1.165) is 0 Å². The summed E-state index contributed by atoms with van der Waals surface area (Å²) in [6.45, 7) is -1.20. The lowest BCUT2D eigenvalue weighted by Gasteiger charge is -2.07. The van der Waals surface area contributed by atoms with Crippen molar-refractivity contribution < 1.29 is 27.6 Å². The third-order valence-corrected chi connectivity index (χ3v) is 3.40. The van der Waals surface area contributed by atoms with Gasteiger partial charge < -0.3 is 14.0 Å². The van der Waals surface area contributed by atoms with Crippen LogP contribution in [0.4, 0.5) is 8.78 Å². The normalized spacial score (nSPS) is 11.0. The zero-order chi connectivity index (χ0) is 17.3. The number of esters is 1. The molecular weight excluding hydrogens is 322 g/mol. The summed E-state index contributed by atoms with van der Waals surface area (Å²) in [5.74, 6) is -0.522. The predicted octanol–water partition coefficient (Wildman–Crippen LogP) is 3.59. The number of pyridine rings is 1. The molecule has 0 unspecified atom stereocenters. The number of ether oxygens (including phenoxy) is 2. The molecule has 0 radical (unpaired) electrons. The van der Waals surface area contributed by atoms with Crippen molar-refractivity contribution in [3.05, 3.63) is 41.6 Å². The van der Waals surface area contributed by atoms with Crippen LogP contribution in [0.3, 0.4) is 0 Å². The lowest BCUT2D eigenvalue weighted by Crippen LogP contribution is -2.04. The van der Waals surface area contributed by atoms with Gasteiger partial charge in [-0.2, -0.15) is 8.78 Å². The third-order valence-electron chi connectivity index (χ3n) is 3.40. The monoisotopic (exact) mass is 334 g/mol. The van der Waals surface area contributed by atoms with Crippen molar-refractivity contribution in [2.24, 2.45) is 0 Å². The highest BCUT2D eigenvalue weighted by molar-refractivity contribution is 6.04. The van der Waals surface area contributed by atoms with Gasteiger partial charge in [-0.05, 0) is 37.3 Å². The molecule has 2 heterocycles. The predicted molar refractivity (Wildman–Crippen MR) is 79.9 cm³/mol. The number of carbonyl (C=O) groups excluding carboxylic acids is 1. The molecule has 0 N–H and O–H groups in total. The smallest absolute Gasteiger partial charge is 0.387 e. The maximum atomic E-state index is 12.2. The van der Waals surface area contributed by atoms with Gasteiger partial charge in [0.2, 0.25) is 0 Å². The summed E-state index contributed by atoms with van der Waals surface area (Å²) in [5.41, 5.74) is 1.99. The fourth-order valence-corrected chi connectivity index (χ4v) is 2.32. The van der Waals surface area contributed by atoms with Crippen LogP contribution in [-0.2, 0) is 4.74 Å². The molecule has 124 valence electrons. The topological polar surface area (TPSA) is 74.5 Å². The Hall–Kier alpha value is -3.03. The molecule has 0 atom stereocenters. The number of fused-ring (bicyclic) bond motifs is 1. The molecule has 0 aliphatic rings. The van der Waals surface area contributed by atoms with E-state index in [0.29, 0.717) is 22.3 Å². The highest BCUT2D eigenvalue weighted by atomic mass is 19.3. The molecule has 0 spiro atoms. The van der Waals surface area contributed by atoms with E-state index in [9.17, 15) is 13.6 Å². The lowest BCUT2D eigenvalue weighted by atomic mass is 10.1. The Morgan fingerprint density at radius 3 is 2.58 bits per heavy atom.